The Balaban J connectivity index is 1.39. The van der Waals surface area contributed by atoms with Crippen LogP contribution in [0.2, 0.25) is 5.15 Å². The van der Waals surface area contributed by atoms with Crippen molar-refractivity contribution in [2.24, 2.45) is 5.92 Å². The molecular weight excluding hydrogens is 344 g/mol. The lowest BCUT2D eigenvalue weighted by Gasteiger charge is -2.37. The largest absolute Gasteiger partial charge is 0.445 e. The molecule has 1 aromatic heterocycles. The fourth-order valence-corrected chi connectivity index (χ4v) is 2.56. The van der Waals surface area contributed by atoms with Crippen LogP contribution in [-0.2, 0) is 22.7 Å². The molecule has 0 bridgehead atoms. The lowest BCUT2D eigenvalue weighted by atomic mass is 10.00. The molecule has 7 nitrogen and oxygen atoms in total. The summed E-state index contributed by atoms with van der Waals surface area (Å²) in [4.78, 5) is 33.5. The second-order valence-electron chi connectivity index (χ2n) is 5.65. The first-order chi connectivity index (χ1) is 12.1. The van der Waals surface area contributed by atoms with Gasteiger partial charge in [-0.25, -0.2) is 9.78 Å². The quantitative estimate of drug-likeness (QED) is 0.881. The van der Waals surface area contributed by atoms with Crippen LogP contribution in [-0.4, -0.2) is 40.0 Å². The van der Waals surface area contributed by atoms with E-state index in [4.69, 9.17) is 16.3 Å². The normalized spacial score (nSPS) is 13.9. The van der Waals surface area contributed by atoms with Crippen LogP contribution >= 0.6 is 11.6 Å². The summed E-state index contributed by atoms with van der Waals surface area (Å²) >= 11 is 5.89. The molecule has 2 amide bonds. The Morgan fingerprint density at radius 1 is 1.20 bits per heavy atom. The van der Waals surface area contributed by atoms with Crippen LogP contribution in [0.5, 0.6) is 0 Å². The molecule has 0 atom stereocenters. The van der Waals surface area contributed by atoms with Gasteiger partial charge in [0, 0.05) is 25.5 Å². The van der Waals surface area contributed by atoms with E-state index in [1.807, 2.05) is 30.3 Å². The van der Waals surface area contributed by atoms with E-state index < -0.39 is 6.09 Å². The zero-order chi connectivity index (χ0) is 17.6. The van der Waals surface area contributed by atoms with E-state index in [1.54, 1.807) is 0 Å². The molecule has 130 valence electrons. The first-order valence-electron chi connectivity index (χ1n) is 7.82. The van der Waals surface area contributed by atoms with Crippen molar-refractivity contribution in [2.45, 2.75) is 13.2 Å². The second kappa shape index (κ2) is 7.94. The third kappa shape index (κ3) is 4.45. The van der Waals surface area contributed by atoms with Gasteiger partial charge in [-0.15, -0.1) is 0 Å². The van der Waals surface area contributed by atoms with Gasteiger partial charge >= 0.3 is 6.09 Å². The Morgan fingerprint density at radius 3 is 2.64 bits per heavy atom. The summed E-state index contributed by atoms with van der Waals surface area (Å²) in [7, 11) is 0. The van der Waals surface area contributed by atoms with Gasteiger partial charge in [-0.2, -0.15) is 0 Å². The number of halogens is 1. The zero-order valence-electron chi connectivity index (χ0n) is 13.4. The van der Waals surface area contributed by atoms with Crippen molar-refractivity contribution in [3.63, 3.8) is 0 Å². The summed E-state index contributed by atoms with van der Waals surface area (Å²) in [5.74, 6) is -0.395. The van der Waals surface area contributed by atoms with E-state index in [2.05, 4.69) is 15.3 Å². The second-order valence-corrected chi connectivity index (χ2v) is 6.01. The van der Waals surface area contributed by atoms with Gasteiger partial charge in [0.25, 0.3) is 0 Å². The number of hydrogen-bond donors (Lipinski definition) is 1. The maximum atomic E-state index is 12.1. The summed E-state index contributed by atoms with van der Waals surface area (Å²) < 4.78 is 5.22. The molecule has 2 heterocycles. The van der Waals surface area contributed by atoms with E-state index in [0.29, 0.717) is 18.8 Å². The molecule has 1 saturated heterocycles. The highest BCUT2D eigenvalue weighted by Crippen LogP contribution is 2.18. The van der Waals surface area contributed by atoms with Crippen molar-refractivity contribution in [1.82, 2.24) is 20.2 Å². The van der Waals surface area contributed by atoms with Crippen molar-refractivity contribution in [1.29, 1.82) is 0 Å². The van der Waals surface area contributed by atoms with Crippen LogP contribution in [0.25, 0.3) is 0 Å². The lowest BCUT2D eigenvalue weighted by Crippen LogP contribution is -2.55. The maximum absolute atomic E-state index is 12.1. The zero-order valence-corrected chi connectivity index (χ0v) is 14.1. The maximum Gasteiger partial charge on any atom is 0.410 e. The Bertz CT molecular complexity index is 751. The molecule has 1 N–H and O–H groups in total. The average Bonchev–Trinajstić information content (AvgIpc) is 2.59. The molecule has 25 heavy (non-hydrogen) atoms. The fraction of sp³-hybridized carbons (Fsp3) is 0.294. The van der Waals surface area contributed by atoms with E-state index in [9.17, 15) is 9.59 Å². The summed E-state index contributed by atoms with van der Waals surface area (Å²) in [6, 6.07) is 9.44. The molecule has 0 unspecified atom stereocenters. The van der Waals surface area contributed by atoms with Gasteiger partial charge in [-0.05, 0) is 5.56 Å². The topological polar surface area (TPSA) is 84.4 Å². The molecule has 0 saturated carbocycles. The van der Waals surface area contributed by atoms with Crippen LogP contribution in [0.3, 0.4) is 0 Å². The van der Waals surface area contributed by atoms with Crippen LogP contribution in [0.15, 0.2) is 42.7 Å². The van der Waals surface area contributed by atoms with Gasteiger partial charge in [-0.3, -0.25) is 9.78 Å². The van der Waals surface area contributed by atoms with Crippen LogP contribution in [0.1, 0.15) is 11.3 Å². The Hall–Kier alpha value is -2.67. The summed E-state index contributed by atoms with van der Waals surface area (Å²) in [5.41, 5.74) is 1.43. The van der Waals surface area contributed by atoms with Crippen molar-refractivity contribution < 1.29 is 14.3 Å². The summed E-state index contributed by atoms with van der Waals surface area (Å²) in [6.07, 6.45) is 2.59. The average molecular weight is 361 g/mol. The molecule has 1 aliphatic rings. The van der Waals surface area contributed by atoms with E-state index in [0.717, 1.165) is 5.56 Å². The number of rotatable bonds is 5. The van der Waals surface area contributed by atoms with Gasteiger partial charge in [0.1, 0.15) is 6.61 Å². The minimum atomic E-state index is -0.412. The highest BCUT2D eigenvalue weighted by Gasteiger charge is 2.36. The third-order valence-corrected chi connectivity index (χ3v) is 4.18. The highest BCUT2D eigenvalue weighted by molar-refractivity contribution is 6.29. The third-order valence-electron chi connectivity index (χ3n) is 3.87. The highest BCUT2D eigenvalue weighted by atomic mass is 35.5. The first kappa shape index (κ1) is 17.2. The molecule has 1 fully saturated rings. The van der Waals surface area contributed by atoms with Crippen molar-refractivity contribution in [3.05, 3.63) is 59.1 Å². The number of aromatic nitrogens is 2. The van der Waals surface area contributed by atoms with Gasteiger partial charge in [0.05, 0.1) is 18.2 Å². The van der Waals surface area contributed by atoms with Gasteiger partial charge in [0.15, 0.2) is 5.15 Å². The number of hydrogen-bond acceptors (Lipinski definition) is 5. The smallest absolute Gasteiger partial charge is 0.410 e. The lowest BCUT2D eigenvalue weighted by molar-refractivity contribution is -0.129. The predicted molar refractivity (Wildman–Crippen MR) is 90.6 cm³/mol. The Morgan fingerprint density at radius 2 is 1.92 bits per heavy atom. The van der Waals surface area contributed by atoms with Crippen molar-refractivity contribution in [3.8, 4) is 0 Å². The van der Waals surface area contributed by atoms with Gasteiger partial charge < -0.3 is 15.0 Å². The molecular formula is C17H17ClN4O3. The number of benzene rings is 1. The molecule has 8 heteroatoms. The number of amides is 2. The van der Waals surface area contributed by atoms with E-state index >= 15 is 0 Å². The Kier molecular flexibility index (Phi) is 5.45. The molecule has 0 spiro atoms. The molecule has 0 radical (unpaired) electrons. The van der Waals surface area contributed by atoms with E-state index in [1.165, 1.54) is 17.3 Å². The summed E-state index contributed by atoms with van der Waals surface area (Å²) in [5, 5.41) is 3.02. The number of carbonyl (C=O) groups excluding carboxylic acids is 2. The fourth-order valence-electron chi connectivity index (χ4n) is 2.39. The standard InChI is InChI=1S/C17H17ClN4O3/c18-15-14(19-6-7-20-15)8-21-16(23)13-9-22(10-13)17(24)25-11-12-4-2-1-3-5-12/h1-7,13H,8-11H2,(H,21,23). The molecule has 0 aliphatic carbocycles. The summed E-state index contributed by atoms with van der Waals surface area (Å²) in [6.45, 7) is 1.11. The predicted octanol–water partition coefficient (Wildman–Crippen LogP) is 2.01. The molecule has 1 aliphatic heterocycles. The first-order valence-corrected chi connectivity index (χ1v) is 8.20. The molecule has 3 rings (SSSR count). The van der Waals surface area contributed by atoms with Crippen LogP contribution in [0, 0.1) is 5.92 Å². The SMILES string of the molecule is O=C(NCc1nccnc1Cl)C1CN(C(=O)OCc2ccccc2)C1. The number of nitrogens with one attached hydrogen (secondary N) is 1. The number of likely N-dealkylation sites (tertiary alicyclic amines) is 1. The van der Waals surface area contributed by atoms with E-state index in [-0.39, 0.29) is 30.1 Å². The monoisotopic (exact) mass is 360 g/mol. The van der Waals surface area contributed by atoms with Gasteiger partial charge in [-0.1, -0.05) is 41.9 Å². The number of nitrogens with zero attached hydrogens (tertiary/aromatic N) is 3. The number of carbonyl (C=O) groups is 2. The van der Waals surface area contributed by atoms with Crippen molar-refractivity contribution in [2.75, 3.05) is 13.1 Å². The number of ether oxygens (including phenoxy) is 1. The van der Waals surface area contributed by atoms with Crippen LogP contribution < -0.4 is 5.32 Å². The molecule has 2 aromatic rings. The minimum absolute atomic E-state index is 0.145. The molecule has 1 aromatic carbocycles. The van der Waals surface area contributed by atoms with Gasteiger partial charge in [0.2, 0.25) is 5.91 Å². The minimum Gasteiger partial charge on any atom is -0.445 e. The van der Waals surface area contributed by atoms with Crippen molar-refractivity contribution >= 4 is 23.6 Å². The Labute approximate surface area is 150 Å². The van der Waals surface area contributed by atoms with Crippen LogP contribution in [0.4, 0.5) is 4.79 Å².